The summed E-state index contributed by atoms with van der Waals surface area (Å²) in [5, 5.41) is 1.36. The Kier molecular flexibility index (Phi) is 3.10. The van der Waals surface area contributed by atoms with Crippen LogP contribution in [0.4, 0.5) is 0 Å². The van der Waals surface area contributed by atoms with Gasteiger partial charge in [0.1, 0.15) is 0 Å². The van der Waals surface area contributed by atoms with Crippen LogP contribution >= 0.6 is 0 Å². The van der Waals surface area contributed by atoms with Gasteiger partial charge in [-0.1, -0.05) is 18.2 Å². The maximum absolute atomic E-state index is 5.68. The predicted molar refractivity (Wildman–Crippen MR) is 75.4 cm³/mol. The number of nitrogens with two attached hydrogens (primary N) is 1. The topological polar surface area (TPSA) is 45.0 Å². The van der Waals surface area contributed by atoms with Gasteiger partial charge >= 0.3 is 0 Å². The Balaban J connectivity index is 1.90. The van der Waals surface area contributed by atoms with Crippen molar-refractivity contribution in [3.63, 3.8) is 0 Å². The van der Waals surface area contributed by atoms with E-state index >= 15 is 0 Å². The van der Waals surface area contributed by atoms with Crippen LogP contribution in [0.25, 0.3) is 10.9 Å². The number of para-hydroxylation sites is 1. The molecular formula is C15H21N3. The summed E-state index contributed by atoms with van der Waals surface area (Å²) < 4.78 is 0. The second-order valence-corrected chi connectivity index (χ2v) is 5.42. The Bertz CT molecular complexity index is 531. The van der Waals surface area contributed by atoms with Crippen molar-refractivity contribution in [2.75, 3.05) is 20.1 Å². The van der Waals surface area contributed by atoms with E-state index in [2.05, 4.69) is 47.4 Å². The van der Waals surface area contributed by atoms with Crippen LogP contribution in [-0.4, -0.2) is 30.0 Å². The third-order valence-corrected chi connectivity index (χ3v) is 4.19. The smallest absolute Gasteiger partial charge is 0.0457 e. The first-order valence-electron chi connectivity index (χ1n) is 6.76. The van der Waals surface area contributed by atoms with Crippen molar-refractivity contribution in [3.05, 3.63) is 36.0 Å². The minimum absolute atomic E-state index is 0.540. The second-order valence-electron chi connectivity index (χ2n) is 5.42. The minimum atomic E-state index is 0.540. The molecule has 2 atom stereocenters. The van der Waals surface area contributed by atoms with Gasteiger partial charge < -0.3 is 10.7 Å². The molecule has 0 amide bonds. The van der Waals surface area contributed by atoms with Gasteiger partial charge in [0.15, 0.2) is 0 Å². The Morgan fingerprint density at radius 1 is 1.39 bits per heavy atom. The molecule has 3 nitrogen and oxygen atoms in total. The zero-order valence-electron chi connectivity index (χ0n) is 10.9. The molecule has 2 aromatic rings. The van der Waals surface area contributed by atoms with E-state index < -0.39 is 0 Å². The molecule has 0 spiro atoms. The maximum atomic E-state index is 5.68. The average molecular weight is 243 g/mol. The first-order valence-corrected chi connectivity index (χ1v) is 6.76. The number of H-pyrrole nitrogens is 1. The van der Waals surface area contributed by atoms with E-state index in [0.717, 1.165) is 18.9 Å². The van der Waals surface area contributed by atoms with Crippen LogP contribution in [0.1, 0.15) is 24.4 Å². The molecule has 1 aliphatic rings. The van der Waals surface area contributed by atoms with Gasteiger partial charge in [-0.25, -0.2) is 0 Å². The standard InChI is InChI=1S/C15H21N3/c1-18-10-11(6-7-16)8-15(18)13-9-17-14-5-3-2-4-12(13)14/h2-5,9,11,15,17H,6-8,10,16H2,1H3. The number of hydrogen-bond donors (Lipinski definition) is 2. The zero-order chi connectivity index (χ0) is 12.5. The molecule has 3 rings (SSSR count). The lowest BCUT2D eigenvalue weighted by Gasteiger charge is -2.18. The first kappa shape index (κ1) is 11.8. The van der Waals surface area contributed by atoms with E-state index in [1.165, 1.54) is 29.4 Å². The van der Waals surface area contributed by atoms with Crippen LogP contribution in [0, 0.1) is 5.92 Å². The molecule has 3 N–H and O–H groups in total. The number of aromatic nitrogens is 1. The fourth-order valence-electron chi connectivity index (χ4n) is 3.28. The lowest BCUT2D eigenvalue weighted by atomic mass is 9.97. The van der Waals surface area contributed by atoms with Crippen LogP contribution in [-0.2, 0) is 0 Å². The van der Waals surface area contributed by atoms with Crippen LogP contribution in [0.3, 0.4) is 0 Å². The molecule has 0 aliphatic carbocycles. The van der Waals surface area contributed by atoms with Crippen molar-refractivity contribution >= 4 is 10.9 Å². The Morgan fingerprint density at radius 3 is 3.06 bits per heavy atom. The molecule has 1 aromatic heterocycles. The van der Waals surface area contributed by atoms with Crippen molar-refractivity contribution in [1.29, 1.82) is 0 Å². The van der Waals surface area contributed by atoms with Crippen molar-refractivity contribution in [2.24, 2.45) is 11.7 Å². The SMILES string of the molecule is CN1CC(CCN)CC1c1c[nH]c2ccccc12. The summed E-state index contributed by atoms with van der Waals surface area (Å²) in [5.74, 6) is 0.749. The molecule has 18 heavy (non-hydrogen) atoms. The van der Waals surface area contributed by atoms with Crippen molar-refractivity contribution in [1.82, 2.24) is 9.88 Å². The van der Waals surface area contributed by atoms with Crippen molar-refractivity contribution in [3.8, 4) is 0 Å². The summed E-state index contributed by atoms with van der Waals surface area (Å²) >= 11 is 0. The number of nitrogens with one attached hydrogen (secondary N) is 1. The lowest BCUT2D eigenvalue weighted by Crippen LogP contribution is -2.18. The van der Waals surface area contributed by atoms with Gasteiger partial charge in [0.2, 0.25) is 0 Å². The summed E-state index contributed by atoms with van der Waals surface area (Å²) in [4.78, 5) is 5.85. The molecule has 3 heteroatoms. The van der Waals surface area contributed by atoms with Crippen LogP contribution in [0.2, 0.25) is 0 Å². The summed E-state index contributed by atoms with van der Waals surface area (Å²) in [6, 6.07) is 9.10. The fourth-order valence-corrected chi connectivity index (χ4v) is 3.28. The third-order valence-electron chi connectivity index (χ3n) is 4.19. The van der Waals surface area contributed by atoms with E-state index in [0.29, 0.717) is 6.04 Å². The summed E-state index contributed by atoms with van der Waals surface area (Å²) in [5.41, 5.74) is 8.36. The normalized spacial score (nSPS) is 25.0. The van der Waals surface area contributed by atoms with E-state index in [-0.39, 0.29) is 0 Å². The molecule has 1 aromatic carbocycles. The molecular weight excluding hydrogens is 222 g/mol. The van der Waals surface area contributed by atoms with E-state index in [4.69, 9.17) is 5.73 Å². The fraction of sp³-hybridized carbons (Fsp3) is 0.467. The molecule has 1 aliphatic heterocycles. The number of nitrogens with zero attached hydrogens (tertiary/aromatic N) is 1. The average Bonchev–Trinajstić information content (AvgIpc) is 2.93. The molecule has 0 bridgehead atoms. The molecule has 2 unspecified atom stereocenters. The number of aromatic amines is 1. The Morgan fingerprint density at radius 2 is 2.22 bits per heavy atom. The first-order chi connectivity index (χ1) is 8.79. The van der Waals surface area contributed by atoms with Crippen LogP contribution in [0.15, 0.2) is 30.5 Å². The monoisotopic (exact) mass is 243 g/mol. The van der Waals surface area contributed by atoms with Gasteiger partial charge in [-0.05, 0) is 44.0 Å². The van der Waals surface area contributed by atoms with Gasteiger partial charge in [-0.15, -0.1) is 0 Å². The number of fused-ring (bicyclic) bond motifs is 1. The van der Waals surface area contributed by atoms with E-state index in [1.807, 2.05) is 0 Å². The predicted octanol–water partition coefficient (Wildman–Crippen LogP) is 2.51. The Labute approximate surface area is 108 Å². The number of hydrogen-bond acceptors (Lipinski definition) is 2. The second kappa shape index (κ2) is 4.75. The van der Waals surface area contributed by atoms with Crippen molar-refractivity contribution in [2.45, 2.75) is 18.9 Å². The highest BCUT2D eigenvalue weighted by atomic mass is 15.2. The van der Waals surface area contributed by atoms with E-state index in [1.54, 1.807) is 0 Å². The largest absolute Gasteiger partial charge is 0.361 e. The van der Waals surface area contributed by atoms with Gasteiger partial charge in [-0.2, -0.15) is 0 Å². The number of rotatable bonds is 3. The quantitative estimate of drug-likeness (QED) is 0.870. The molecule has 1 saturated heterocycles. The third kappa shape index (κ3) is 1.93. The molecule has 0 radical (unpaired) electrons. The minimum Gasteiger partial charge on any atom is -0.361 e. The van der Waals surface area contributed by atoms with Gasteiger partial charge in [-0.3, -0.25) is 4.90 Å². The Hall–Kier alpha value is -1.32. The molecule has 2 heterocycles. The maximum Gasteiger partial charge on any atom is 0.0457 e. The summed E-state index contributed by atoms with van der Waals surface area (Å²) in [6.07, 6.45) is 4.55. The molecule has 96 valence electrons. The number of likely N-dealkylation sites (tertiary alicyclic amines) is 1. The lowest BCUT2D eigenvalue weighted by molar-refractivity contribution is 0.314. The van der Waals surface area contributed by atoms with E-state index in [9.17, 15) is 0 Å². The van der Waals surface area contributed by atoms with Crippen LogP contribution in [0.5, 0.6) is 0 Å². The number of benzene rings is 1. The highest BCUT2D eigenvalue weighted by Crippen LogP contribution is 2.38. The molecule has 1 fully saturated rings. The summed E-state index contributed by atoms with van der Waals surface area (Å²) in [7, 11) is 2.23. The zero-order valence-corrected chi connectivity index (χ0v) is 10.9. The van der Waals surface area contributed by atoms with Crippen LogP contribution < -0.4 is 5.73 Å². The van der Waals surface area contributed by atoms with Crippen molar-refractivity contribution < 1.29 is 0 Å². The highest BCUT2D eigenvalue weighted by molar-refractivity contribution is 5.83. The summed E-state index contributed by atoms with van der Waals surface area (Å²) in [6.45, 7) is 1.97. The highest BCUT2D eigenvalue weighted by Gasteiger charge is 2.31. The van der Waals surface area contributed by atoms with Gasteiger partial charge in [0.05, 0.1) is 0 Å². The molecule has 0 saturated carbocycles. The van der Waals surface area contributed by atoms with Gasteiger partial charge in [0, 0.05) is 29.7 Å². The van der Waals surface area contributed by atoms with Gasteiger partial charge in [0.25, 0.3) is 0 Å².